The van der Waals surface area contributed by atoms with Crippen molar-refractivity contribution in [2.24, 2.45) is 0 Å². The van der Waals surface area contributed by atoms with Crippen LogP contribution in [0.2, 0.25) is 0 Å². The van der Waals surface area contributed by atoms with Crippen LogP contribution in [0.15, 0.2) is 48.5 Å². The number of hydrogen-bond donors (Lipinski definition) is 2. The Bertz CT molecular complexity index is 936. The monoisotopic (exact) mass is 432 g/mol. The van der Waals surface area contributed by atoms with E-state index in [9.17, 15) is 0 Å². The second-order valence-corrected chi connectivity index (χ2v) is 7.22. The summed E-state index contributed by atoms with van der Waals surface area (Å²) in [4.78, 5) is 2.44. The summed E-state index contributed by atoms with van der Waals surface area (Å²) in [6, 6.07) is 17.2. The molecule has 5 nitrogen and oxygen atoms in total. The maximum atomic E-state index is 5.39. The van der Waals surface area contributed by atoms with Crippen molar-refractivity contribution in [3.8, 4) is 22.5 Å². The van der Waals surface area contributed by atoms with Gasteiger partial charge >= 0.3 is 0 Å². The van der Waals surface area contributed by atoms with E-state index in [0.717, 1.165) is 57.2 Å². The SMILES string of the molecule is Cl.Cl.c1ccc2c(c1)Cc1c(-c3ccc(NCCN4CCOCC4)cc3)n[nH]c1-2. The van der Waals surface area contributed by atoms with Gasteiger partial charge in [-0.3, -0.25) is 10.00 Å². The van der Waals surface area contributed by atoms with Gasteiger partial charge in [0.05, 0.1) is 24.6 Å². The third kappa shape index (κ3) is 4.43. The van der Waals surface area contributed by atoms with E-state index in [1.54, 1.807) is 0 Å². The number of ether oxygens (including phenoxy) is 1. The first-order valence-corrected chi connectivity index (χ1v) is 9.68. The van der Waals surface area contributed by atoms with Crippen LogP contribution in [0.3, 0.4) is 0 Å². The minimum absolute atomic E-state index is 0. The molecule has 3 aromatic rings. The molecule has 2 heterocycles. The Morgan fingerprint density at radius 1 is 1.00 bits per heavy atom. The smallest absolute Gasteiger partial charge is 0.0962 e. The van der Waals surface area contributed by atoms with Crippen LogP contribution in [-0.4, -0.2) is 54.5 Å². The van der Waals surface area contributed by atoms with E-state index in [-0.39, 0.29) is 24.8 Å². The van der Waals surface area contributed by atoms with Gasteiger partial charge in [-0.1, -0.05) is 36.4 Å². The Balaban J connectivity index is 0.00000120. The van der Waals surface area contributed by atoms with E-state index in [1.807, 2.05) is 0 Å². The second kappa shape index (κ2) is 9.63. The number of nitrogens with one attached hydrogen (secondary N) is 2. The third-order valence-corrected chi connectivity index (χ3v) is 5.54. The highest BCUT2D eigenvalue weighted by Gasteiger charge is 2.24. The van der Waals surface area contributed by atoms with Gasteiger partial charge in [-0.15, -0.1) is 24.8 Å². The van der Waals surface area contributed by atoms with Gasteiger partial charge in [0.15, 0.2) is 0 Å². The van der Waals surface area contributed by atoms with Gasteiger partial charge in [0.1, 0.15) is 0 Å². The lowest BCUT2D eigenvalue weighted by Crippen LogP contribution is -2.38. The minimum Gasteiger partial charge on any atom is -0.384 e. The summed E-state index contributed by atoms with van der Waals surface area (Å²) in [5.41, 5.74) is 8.54. The lowest BCUT2D eigenvalue weighted by atomic mass is 10.1. The Morgan fingerprint density at radius 3 is 2.55 bits per heavy atom. The zero-order chi connectivity index (χ0) is 18.1. The van der Waals surface area contributed by atoms with Gasteiger partial charge in [-0.2, -0.15) is 5.10 Å². The molecule has 1 aliphatic carbocycles. The average molecular weight is 433 g/mol. The van der Waals surface area contributed by atoms with E-state index in [1.165, 1.54) is 27.9 Å². The molecule has 0 atom stereocenters. The number of aromatic amines is 1. The Kier molecular flexibility index (Phi) is 7.19. The number of benzene rings is 2. The second-order valence-electron chi connectivity index (χ2n) is 7.22. The summed E-state index contributed by atoms with van der Waals surface area (Å²) in [7, 11) is 0. The Hall–Kier alpha value is -2.05. The van der Waals surface area contributed by atoms with Crippen molar-refractivity contribution in [1.82, 2.24) is 15.1 Å². The van der Waals surface area contributed by atoms with Gasteiger partial charge in [0.25, 0.3) is 0 Å². The van der Waals surface area contributed by atoms with Crippen molar-refractivity contribution in [2.75, 3.05) is 44.7 Å². The fraction of sp³-hybridized carbons (Fsp3) is 0.318. The number of hydrogen-bond acceptors (Lipinski definition) is 4. The summed E-state index contributed by atoms with van der Waals surface area (Å²) in [5.74, 6) is 0. The number of H-pyrrole nitrogens is 1. The number of nitrogens with zero attached hydrogens (tertiary/aromatic N) is 2. The van der Waals surface area contributed by atoms with Crippen molar-refractivity contribution in [3.05, 3.63) is 59.7 Å². The van der Waals surface area contributed by atoms with E-state index in [4.69, 9.17) is 4.74 Å². The number of fused-ring (bicyclic) bond motifs is 3. The predicted octanol–water partition coefficient (Wildman–Crippen LogP) is 4.24. The lowest BCUT2D eigenvalue weighted by Gasteiger charge is -2.26. The summed E-state index contributed by atoms with van der Waals surface area (Å²) < 4.78 is 5.39. The molecule has 2 N–H and O–H groups in total. The molecule has 0 saturated carbocycles. The molecule has 0 bridgehead atoms. The van der Waals surface area contributed by atoms with Crippen molar-refractivity contribution < 1.29 is 4.74 Å². The number of aromatic nitrogens is 2. The van der Waals surface area contributed by atoms with Crippen LogP contribution in [0.5, 0.6) is 0 Å². The van der Waals surface area contributed by atoms with E-state index < -0.39 is 0 Å². The van der Waals surface area contributed by atoms with Crippen LogP contribution < -0.4 is 5.32 Å². The van der Waals surface area contributed by atoms with E-state index in [0.29, 0.717) is 0 Å². The topological polar surface area (TPSA) is 53.2 Å². The van der Waals surface area contributed by atoms with Crippen molar-refractivity contribution in [3.63, 3.8) is 0 Å². The Morgan fingerprint density at radius 2 is 1.76 bits per heavy atom. The van der Waals surface area contributed by atoms with Crippen molar-refractivity contribution in [2.45, 2.75) is 6.42 Å². The summed E-state index contributed by atoms with van der Waals surface area (Å²) in [6.45, 7) is 5.78. The molecule has 1 saturated heterocycles. The van der Waals surface area contributed by atoms with Gasteiger partial charge in [-0.05, 0) is 17.7 Å². The number of halogens is 2. The highest BCUT2D eigenvalue weighted by atomic mass is 35.5. The van der Waals surface area contributed by atoms with Gasteiger partial charge in [0.2, 0.25) is 0 Å². The van der Waals surface area contributed by atoms with Gasteiger partial charge < -0.3 is 10.1 Å². The molecule has 2 aromatic carbocycles. The molecule has 1 aromatic heterocycles. The maximum absolute atomic E-state index is 5.39. The zero-order valence-corrected chi connectivity index (χ0v) is 17.8. The molecular weight excluding hydrogens is 407 g/mol. The average Bonchev–Trinajstić information content (AvgIpc) is 3.29. The molecule has 0 unspecified atom stereocenters. The molecule has 0 spiro atoms. The molecule has 29 heavy (non-hydrogen) atoms. The Labute approximate surface area is 183 Å². The maximum Gasteiger partial charge on any atom is 0.0962 e. The molecule has 7 heteroatoms. The minimum atomic E-state index is 0. The summed E-state index contributed by atoms with van der Waals surface area (Å²) in [6.07, 6.45) is 0.955. The zero-order valence-electron chi connectivity index (χ0n) is 16.2. The molecule has 154 valence electrons. The molecule has 5 rings (SSSR count). The fourth-order valence-electron chi connectivity index (χ4n) is 4.04. The largest absolute Gasteiger partial charge is 0.384 e. The quantitative estimate of drug-likeness (QED) is 0.495. The number of anilines is 1. The molecule has 0 amide bonds. The lowest BCUT2D eigenvalue weighted by molar-refractivity contribution is 0.0398. The van der Waals surface area contributed by atoms with E-state index >= 15 is 0 Å². The molecule has 0 radical (unpaired) electrons. The molecule has 2 aliphatic rings. The number of morpholine rings is 1. The van der Waals surface area contributed by atoms with Crippen LogP contribution in [0.25, 0.3) is 22.5 Å². The fourth-order valence-corrected chi connectivity index (χ4v) is 4.04. The normalized spacial score (nSPS) is 15.0. The van der Waals surface area contributed by atoms with Crippen LogP contribution in [0.4, 0.5) is 5.69 Å². The van der Waals surface area contributed by atoms with Crippen LogP contribution >= 0.6 is 24.8 Å². The van der Waals surface area contributed by atoms with Crippen molar-refractivity contribution >= 4 is 30.5 Å². The molecule has 1 fully saturated rings. The first-order valence-electron chi connectivity index (χ1n) is 9.68. The van der Waals surface area contributed by atoms with Crippen molar-refractivity contribution in [1.29, 1.82) is 0 Å². The van der Waals surface area contributed by atoms with Crippen LogP contribution in [-0.2, 0) is 11.2 Å². The molecule has 1 aliphatic heterocycles. The first kappa shape index (κ1) is 21.7. The summed E-state index contributed by atoms with van der Waals surface area (Å²) >= 11 is 0. The standard InChI is InChI=1S/C22H24N4O.2ClH/c1-2-4-19-17(3-1)15-20-21(24-25-22(19)20)16-5-7-18(8-6-16)23-9-10-26-11-13-27-14-12-26;;/h1-8,23H,9-15H2,(H,24,25);2*1H. The third-order valence-electron chi connectivity index (χ3n) is 5.54. The highest BCUT2D eigenvalue weighted by molar-refractivity contribution is 5.85. The van der Waals surface area contributed by atoms with E-state index in [2.05, 4.69) is 68.9 Å². The molecular formula is C22H26Cl2N4O. The van der Waals surface area contributed by atoms with Gasteiger partial charge in [-0.25, -0.2) is 0 Å². The van der Waals surface area contributed by atoms with Crippen LogP contribution in [0, 0.1) is 0 Å². The summed E-state index contributed by atoms with van der Waals surface area (Å²) in [5, 5.41) is 11.4. The number of rotatable bonds is 5. The first-order chi connectivity index (χ1) is 13.4. The predicted molar refractivity (Wildman–Crippen MR) is 123 cm³/mol. The highest BCUT2D eigenvalue weighted by Crippen LogP contribution is 2.39. The van der Waals surface area contributed by atoms with Crippen LogP contribution in [0.1, 0.15) is 11.1 Å². The van der Waals surface area contributed by atoms with Gasteiger partial charge in [0, 0.05) is 55.0 Å².